The van der Waals surface area contributed by atoms with Crippen molar-refractivity contribution in [1.82, 2.24) is 0 Å². The average Bonchev–Trinajstić information content (AvgIpc) is 2.93. The van der Waals surface area contributed by atoms with Crippen molar-refractivity contribution >= 4 is 5.69 Å². The molecule has 1 aliphatic heterocycles. The van der Waals surface area contributed by atoms with Crippen molar-refractivity contribution in [1.29, 1.82) is 0 Å². The third kappa shape index (κ3) is 5.66. The molecule has 1 saturated heterocycles. The van der Waals surface area contributed by atoms with Crippen molar-refractivity contribution in [3.63, 3.8) is 0 Å². The monoisotopic (exact) mass is 501 g/mol. The summed E-state index contributed by atoms with van der Waals surface area (Å²) in [6.07, 6.45) is -0.583. The van der Waals surface area contributed by atoms with Gasteiger partial charge < -0.3 is 19.8 Å². The van der Waals surface area contributed by atoms with E-state index in [2.05, 4.69) is 0 Å². The Balaban J connectivity index is 1.32. The van der Waals surface area contributed by atoms with E-state index in [0.29, 0.717) is 25.0 Å². The Morgan fingerprint density at radius 2 is 1.41 bits per heavy atom. The normalized spacial score (nSPS) is 19.8. The lowest BCUT2D eigenvalue weighted by atomic mass is 9.77. The lowest BCUT2D eigenvalue weighted by Crippen LogP contribution is -2.58. The van der Waals surface area contributed by atoms with Gasteiger partial charge in [-0.15, -0.1) is 0 Å². The van der Waals surface area contributed by atoms with E-state index < -0.39 is 12.3 Å². The number of ether oxygens (including phenoxy) is 1. The minimum Gasteiger partial charge on any atom is -0.489 e. The first kappa shape index (κ1) is 24.9. The Kier molecular flexibility index (Phi) is 7.49. The van der Waals surface area contributed by atoms with Gasteiger partial charge in [-0.05, 0) is 78.1 Å². The number of anilines is 1. The second kappa shape index (κ2) is 11.1. The number of benzene rings is 4. The summed E-state index contributed by atoms with van der Waals surface area (Å²) in [5.74, 6) is -0.105. The zero-order valence-electron chi connectivity index (χ0n) is 20.3. The van der Waals surface area contributed by atoms with E-state index in [9.17, 15) is 19.0 Å². The summed E-state index contributed by atoms with van der Waals surface area (Å²) >= 11 is 0. The fourth-order valence-electron chi connectivity index (χ4n) is 4.98. The van der Waals surface area contributed by atoms with Gasteiger partial charge in [-0.3, -0.25) is 0 Å². The highest BCUT2D eigenvalue weighted by Gasteiger charge is 2.48. The van der Waals surface area contributed by atoms with E-state index >= 15 is 0 Å². The molecule has 0 spiro atoms. The molecule has 5 rings (SSSR count). The molecule has 1 heterocycles. The highest BCUT2D eigenvalue weighted by Crippen LogP contribution is 2.49. The van der Waals surface area contributed by atoms with Gasteiger partial charge in [0.1, 0.15) is 30.2 Å². The van der Waals surface area contributed by atoms with Crippen molar-refractivity contribution in [2.75, 3.05) is 4.90 Å². The Hall–Kier alpha value is -3.74. The molecule has 0 radical (unpaired) electrons. The standard InChI is InChI=1S/C31H29F2NO3/c32-24-10-6-22(7-11-24)29(35)19-18-28-30(34(31(28)36)26-14-12-25(33)13-15-26)23-8-16-27(17-9-23)37-20-21-4-2-1-3-5-21/h1-17,28-31,35-36H,18-20H2/t28-,29+,30-,31?/m1/s1. The number of rotatable bonds is 9. The minimum atomic E-state index is -0.787. The first-order valence-electron chi connectivity index (χ1n) is 12.4. The largest absolute Gasteiger partial charge is 0.489 e. The van der Waals surface area contributed by atoms with Crippen LogP contribution >= 0.6 is 0 Å². The van der Waals surface area contributed by atoms with Gasteiger partial charge in [-0.25, -0.2) is 8.78 Å². The van der Waals surface area contributed by atoms with Crippen LogP contribution in [0.3, 0.4) is 0 Å². The molecule has 0 saturated carbocycles. The molecular weight excluding hydrogens is 472 g/mol. The van der Waals surface area contributed by atoms with E-state index in [1.165, 1.54) is 24.3 Å². The van der Waals surface area contributed by atoms with E-state index in [4.69, 9.17) is 4.74 Å². The molecule has 0 aliphatic carbocycles. The number of nitrogens with zero attached hydrogens (tertiary/aromatic N) is 1. The smallest absolute Gasteiger partial charge is 0.132 e. The molecule has 1 unspecified atom stereocenters. The molecular formula is C31H29F2NO3. The van der Waals surface area contributed by atoms with E-state index in [1.54, 1.807) is 24.3 Å². The lowest BCUT2D eigenvalue weighted by Gasteiger charge is -2.54. The predicted octanol–water partition coefficient (Wildman–Crippen LogP) is 6.55. The Morgan fingerprint density at radius 3 is 2.05 bits per heavy atom. The molecule has 1 aliphatic rings. The van der Waals surface area contributed by atoms with Crippen LogP contribution in [0.25, 0.3) is 0 Å². The quantitative estimate of drug-likeness (QED) is 0.273. The Morgan fingerprint density at radius 1 is 0.784 bits per heavy atom. The fraction of sp³-hybridized carbons (Fsp3) is 0.226. The Labute approximate surface area is 215 Å². The maximum Gasteiger partial charge on any atom is 0.132 e. The van der Waals surface area contributed by atoms with Crippen molar-refractivity contribution in [3.8, 4) is 5.75 Å². The number of hydrogen-bond acceptors (Lipinski definition) is 4. The molecule has 0 bridgehead atoms. The van der Waals surface area contributed by atoms with Crippen LogP contribution < -0.4 is 9.64 Å². The summed E-state index contributed by atoms with van der Waals surface area (Å²) < 4.78 is 32.7. The van der Waals surface area contributed by atoms with Gasteiger partial charge in [0.2, 0.25) is 0 Å². The second-order valence-corrected chi connectivity index (χ2v) is 9.39. The lowest BCUT2D eigenvalue weighted by molar-refractivity contribution is -0.00681. The molecule has 37 heavy (non-hydrogen) atoms. The SMILES string of the molecule is OC1[C@H](CC[C@H](O)c2ccc(F)cc2)[C@@H](c2ccc(OCc3ccccc3)cc2)N1c1ccc(F)cc1. The number of hydrogen-bond donors (Lipinski definition) is 2. The highest BCUT2D eigenvalue weighted by molar-refractivity contribution is 5.54. The van der Waals surface area contributed by atoms with Gasteiger partial charge >= 0.3 is 0 Å². The van der Waals surface area contributed by atoms with Crippen molar-refractivity contribution in [2.24, 2.45) is 5.92 Å². The summed E-state index contributed by atoms with van der Waals surface area (Å²) in [6, 6.07) is 29.5. The van der Waals surface area contributed by atoms with Gasteiger partial charge in [-0.1, -0.05) is 54.6 Å². The summed E-state index contributed by atoms with van der Waals surface area (Å²) in [5.41, 5.74) is 3.43. The van der Waals surface area contributed by atoms with Gasteiger partial charge in [0, 0.05) is 11.6 Å². The molecule has 190 valence electrons. The first-order chi connectivity index (χ1) is 18.0. The molecule has 0 amide bonds. The van der Waals surface area contributed by atoms with Gasteiger partial charge in [-0.2, -0.15) is 0 Å². The average molecular weight is 502 g/mol. The van der Waals surface area contributed by atoms with Crippen LogP contribution in [0.4, 0.5) is 14.5 Å². The maximum absolute atomic E-state index is 13.6. The number of aliphatic hydroxyl groups is 2. The van der Waals surface area contributed by atoms with Crippen molar-refractivity contribution in [3.05, 3.63) is 131 Å². The van der Waals surface area contributed by atoms with E-state index in [-0.39, 0.29) is 23.6 Å². The maximum atomic E-state index is 13.6. The van der Waals surface area contributed by atoms with Crippen LogP contribution in [0, 0.1) is 17.6 Å². The predicted molar refractivity (Wildman–Crippen MR) is 139 cm³/mol. The van der Waals surface area contributed by atoms with Crippen molar-refractivity contribution in [2.45, 2.75) is 37.8 Å². The highest BCUT2D eigenvalue weighted by atomic mass is 19.1. The molecule has 4 aromatic rings. The molecule has 6 heteroatoms. The molecule has 2 N–H and O–H groups in total. The summed E-state index contributed by atoms with van der Waals surface area (Å²) in [4.78, 5) is 1.87. The van der Waals surface area contributed by atoms with Crippen molar-refractivity contribution < 1.29 is 23.7 Å². The van der Waals surface area contributed by atoms with E-state index in [1.807, 2.05) is 59.5 Å². The first-order valence-corrected chi connectivity index (χ1v) is 12.4. The van der Waals surface area contributed by atoms with Gasteiger partial charge in [0.15, 0.2) is 0 Å². The van der Waals surface area contributed by atoms with Crippen LogP contribution in [-0.4, -0.2) is 16.4 Å². The molecule has 1 fully saturated rings. The van der Waals surface area contributed by atoms with Crippen LogP contribution in [0.2, 0.25) is 0 Å². The Bertz CT molecular complexity index is 1280. The van der Waals surface area contributed by atoms with E-state index in [0.717, 1.165) is 22.6 Å². The molecule has 4 nitrogen and oxygen atoms in total. The number of aliphatic hydroxyl groups excluding tert-OH is 2. The molecule has 4 aromatic carbocycles. The second-order valence-electron chi connectivity index (χ2n) is 9.39. The summed E-state index contributed by atoms with van der Waals surface area (Å²) in [6.45, 7) is 0.466. The van der Waals surface area contributed by atoms with Crippen LogP contribution in [0.5, 0.6) is 5.75 Å². The summed E-state index contributed by atoms with van der Waals surface area (Å²) in [5, 5.41) is 21.7. The fourth-order valence-corrected chi connectivity index (χ4v) is 4.98. The third-order valence-corrected chi connectivity index (χ3v) is 7.00. The zero-order valence-corrected chi connectivity index (χ0v) is 20.3. The van der Waals surface area contributed by atoms with Gasteiger partial charge in [0.25, 0.3) is 0 Å². The van der Waals surface area contributed by atoms with Crippen LogP contribution in [0.1, 0.15) is 41.7 Å². The summed E-state index contributed by atoms with van der Waals surface area (Å²) in [7, 11) is 0. The number of halogens is 2. The van der Waals surface area contributed by atoms with Crippen LogP contribution in [0.15, 0.2) is 103 Å². The van der Waals surface area contributed by atoms with Crippen LogP contribution in [-0.2, 0) is 6.61 Å². The topological polar surface area (TPSA) is 52.9 Å². The molecule has 4 atom stereocenters. The van der Waals surface area contributed by atoms with Gasteiger partial charge in [0.05, 0.1) is 12.1 Å². The third-order valence-electron chi connectivity index (χ3n) is 7.00. The minimum absolute atomic E-state index is 0.156. The zero-order chi connectivity index (χ0) is 25.8. The molecule has 0 aromatic heterocycles.